The number of ether oxygens (including phenoxy) is 1. The summed E-state index contributed by atoms with van der Waals surface area (Å²) < 4.78 is 5.78. The minimum Gasteiger partial charge on any atom is -0.494 e. The number of para-hydroxylation sites is 1. The first kappa shape index (κ1) is 18.7. The number of nitriles is 1. The minimum atomic E-state index is 0.581. The van der Waals surface area contributed by atoms with Crippen LogP contribution in [0.2, 0.25) is 0 Å². The van der Waals surface area contributed by atoms with Crippen LogP contribution in [0, 0.1) is 11.3 Å². The SMILES string of the molecule is CCCCCCCCOc1ccc(C=Nc2ccccc2C#N)cc1. The van der Waals surface area contributed by atoms with E-state index in [4.69, 9.17) is 10.00 Å². The molecule has 0 radical (unpaired) electrons. The van der Waals surface area contributed by atoms with E-state index < -0.39 is 0 Å². The fourth-order valence-corrected chi connectivity index (χ4v) is 2.55. The van der Waals surface area contributed by atoms with E-state index in [0.717, 1.165) is 24.3 Å². The summed E-state index contributed by atoms with van der Waals surface area (Å²) in [6, 6.07) is 17.4. The van der Waals surface area contributed by atoms with Crippen LogP contribution in [-0.4, -0.2) is 12.8 Å². The van der Waals surface area contributed by atoms with Crippen molar-refractivity contribution in [3.05, 3.63) is 59.7 Å². The van der Waals surface area contributed by atoms with Crippen LogP contribution in [0.25, 0.3) is 0 Å². The van der Waals surface area contributed by atoms with Crippen LogP contribution in [-0.2, 0) is 0 Å². The highest BCUT2D eigenvalue weighted by atomic mass is 16.5. The fraction of sp³-hybridized carbons (Fsp3) is 0.364. The van der Waals surface area contributed by atoms with Gasteiger partial charge in [-0.1, -0.05) is 51.2 Å². The van der Waals surface area contributed by atoms with Gasteiger partial charge in [0, 0.05) is 6.21 Å². The van der Waals surface area contributed by atoms with Crippen molar-refractivity contribution in [1.29, 1.82) is 5.26 Å². The Labute approximate surface area is 151 Å². The Balaban J connectivity index is 1.78. The molecule has 0 bridgehead atoms. The zero-order valence-electron chi connectivity index (χ0n) is 14.9. The van der Waals surface area contributed by atoms with E-state index >= 15 is 0 Å². The van der Waals surface area contributed by atoms with Gasteiger partial charge in [-0.2, -0.15) is 5.26 Å². The normalized spacial score (nSPS) is 10.7. The number of nitrogens with zero attached hydrogens (tertiary/aromatic N) is 2. The summed E-state index contributed by atoms with van der Waals surface area (Å²) in [5.74, 6) is 0.892. The molecule has 0 atom stereocenters. The highest BCUT2D eigenvalue weighted by Crippen LogP contribution is 2.18. The van der Waals surface area contributed by atoms with Crippen LogP contribution in [0.4, 0.5) is 5.69 Å². The second-order valence-corrected chi connectivity index (χ2v) is 6.07. The maximum atomic E-state index is 9.07. The smallest absolute Gasteiger partial charge is 0.119 e. The highest BCUT2D eigenvalue weighted by Gasteiger charge is 1.98. The molecule has 0 aliphatic rings. The Morgan fingerprint density at radius 1 is 0.960 bits per heavy atom. The summed E-state index contributed by atoms with van der Waals surface area (Å²) in [7, 11) is 0. The molecule has 0 fully saturated rings. The largest absolute Gasteiger partial charge is 0.494 e. The first-order valence-corrected chi connectivity index (χ1v) is 9.09. The molecule has 0 amide bonds. The van der Waals surface area contributed by atoms with E-state index in [1.807, 2.05) is 42.5 Å². The summed E-state index contributed by atoms with van der Waals surface area (Å²) in [5.41, 5.74) is 2.26. The van der Waals surface area contributed by atoms with Crippen molar-refractivity contribution in [2.75, 3.05) is 6.61 Å². The third-order valence-electron chi connectivity index (χ3n) is 4.02. The minimum absolute atomic E-state index is 0.581. The number of rotatable bonds is 10. The lowest BCUT2D eigenvalue weighted by Gasteiger charge is -2.06. The van der Waals surface area contributed by atoms with E-state index in [9.17, 15) is 0 Å². The third kappa shape index (κ3) is 6.81. The lowest BCUT2D eigenvalue weighted by atomic mass is 10.1. The van der Waals surface area contributed by atoms with Crippen LogP contribution in [0.3, 0.4) is 0 Å². The van der Waals surface area contributed by atoms with Crippen molar-refractivity contribution in [1.82, 2.24) is 0 Å². The maximum Gasteiger partial charge on any atom is 0.119 e. The average molecular weight is 334 g/mol. The molecule has 25 heavy (non-hydrogen) atoms. The molecule has 0 unspecified atom stereocenters. The molecular formula is C22H26N2O. The van der Waals surface area contributed by atoms with E-state index in [-0.39, 0.29) is 0 Å². The summed E-state index contributed by atoms with van der Waals surface area (Å²) in [6.07, 6.45) is 9.38. The third-order valence-corrected chi connectivity index (χ3v) is 4.02. The molecule has 0 aliphatic heterocycles. The quantitative estimate of drug-likeness (QED) is 0.392. The van der Waals surface area contributed by atoms with Crippen LogP contribution in [0.1, 0.15) is 56.6 Å². The van der Waals surface area contributed by atoms with Gasteiger partial charge in [0.15, 0.2) is 0 Å². The number of aliphatic imine (C=N–C) groups is 1. The standard InChI is InChI=1S/C22H26N2O/c1-2-3-4-5-6-9-16-25-21-14-12-19(13-15-21)18-24-22-11-8-7-10-20(22)17-23/h7-8,10-15,18H,2-6,9,16H2,1H3. The van der Waals surface area contributed by atoms with E-state index in [0.29, 0.717) is 11.3 Å². The molecule has 0 saturated heterocycles. The van der Waals surface area contributed by atoms with Crippen molar-refractivity contribution >= 4 is 11.9 Å². The van der Waals surface area contributed by atoms with Crippen LogP contribution < -0.4 is 4.74 Å². The van der Waals surface area contributed by atoms with Gasteiger partial charge in [0.2, 0.25) is 0 Å². The molecule has 0 spiro atoms. The molecule has 3 nitrogen and oxygen atoms in total. The first-order chi connectivity index (χ1) is 12.3. The molecule has 2 aromatic rings. The van der Waals surface area contributed by atoms with Crippen molar-refractivity contribution in [3.8, 4) is 11.8 Å². The van der Waals surface area contributed by atoms with Gasteiger partial charge in [0.05, 0.1) is 17.9 Å². The predicted octanol–water partition coefficient (Wildman–Crippen LogP) is 6.05. The summed E-state index contributed by atoms with van der Waals surface area (Å²) in [4.78, 5) is 4.40. The Morgan fingerprint density at radius 3 is 2.44 bits per heavy atom. The molecule has 0 heterocycles. The summed E-state index contributed by atoms with van der Waals surface area (Å²) in [5, 5.41) is 9.07. The van der Waals surface area contributed by atoms with Gasteiger partial charge in [-0.3, -0.25) is 4.99 Å². The Bertz CT molecular complexity index is 699. The van der Waals surface area contributed by atoms with Crippen LogP contribution in [0.15, 0.2) is 53.5 Å². The van der Waals surface area contributed by atoms with Gasteiger partial charge in [-0.15, -0.1) is 0 Å². The molecule has 0 aromatic heterocycles. The molecule has 0 saturated carbocycles. The van der Waals surface area contributed by atoms with Gasteiger partial charge in [-0.25, -0.2) is 0 Å². The molecule has 0 N–H and O–H groups in total. The number of hydrogen-bond acceptors (Lipinski definition) is 3. The first-order valence-electron chi connectivity index (χ1n) is 9.09. The molecule has 3 heteroatoms. The van der Waals surface area contributed by atoms with Crippen LogP contribution >= 0.6 is 0 Å². The Hall–Kier alpha value is -2.60. The summed E-state index contributed by atoms with van der Waals surface area (Å²) in [6.45, 7) is 3.01. The van der Waals surface area contributed by atoms with Crippen molar-refractivity contribution < 1.29 is 4.74 Å². The second kappa shape index (κ2) is 11.0. The van der Waals surface area contributed by atoms with E-state index in [1.165, 1.54) is 32.1 Å². The highest BCUT2D eigenvalue weighted by molar-refractivity contribution is 5.82. The van der Waals surface area contributed by atoms with Gasteiger partial charge in [-0.05, 0) is 48.4 Å². The number of hydrogen-bond donors (Lipinski definition) is 0. The van der Waals surface area contributed by atoms with Crippen molar-refractivity contribution in [2.45, 2.75) is 45.4 Å². The monoisotopic (exact) mass is 334 g/mol. The van der Waals surface area contributed by atoms with E-state index in [1.54, 1.807) is 12.3 Å². The lowest BCUT2D eigenvalue weighted by Crippen LogP contribution is -1.97. The molecule has 2 rings (SSSR count). The zero-order valence-corrected chi connectivity index (χ0v) is 14.9. The lowest BCUT2D eigenvalue weighted by molar-refractivity contribution is 0.304. The van der Waals surface area contributed by atoms with Gasteiger partial charge in [0.1, 0.15) is 11.8 Å². The van der Waals surface area contributed by atoms with Crippen molar-refractivity contribution in [2.24, 2.45) is 4.99 Å². The van der Waals surface area contributed by atoms with Gasteiger partial charge in [0.25, 0.3) is 0 Å². The van der Waals surface area contributed by atoms with Gasteiger partial charge >= 0.3 is 0 Å². The number of unbranched alkanes of at least 4 members (excludes halogenated alkanes) is 5. The molecular weight excluding hydrogens is 308 g/mol. The Kier molecular flexibility index (Phi) is 8.27. The summed E-state index contributed by atoms with van der Waals surface area (Å²) >= 11 is 0. The second-order valence-electron chi connectivity index (χ2n) is 6.07. The van der Waals surface area contributed by atoms with Gasteiger partial charge < -0.3 is 4.74 Å². The molecule has 130 valence electrons. The molecule has 0 aliphatic carbocycles. The van der Waals surface area contributed by atoms with Crippen LogP contribution in [0.5, 0.6) is 5.75 Å². The topological polar surface area (TPSA) is 45.4 Å². The predicted molar refractivity (Wildman–Crippen MR) is 104 cm³/mol. The average Bonchev–Trinajstić information content (AvgIpc) is 2.67. The Morgan fingerprint density at radius 2 is 1.68 bits per heavy atom. The fourth-order valence-electron chi connectivity index (χ4n) is 2.55. The van der Waals surface area contributed by atoms with Crippen molar-refractivity contribution in [3.63, 3.8) is 0 Å². The zero-order chi connectivity index (χ0) is 17.7. The number of benzene rings is 2. The maximum absolute atomic E-state index is 9.07. The van der Waals surface area contributed by atoms with E-state index in [2.05, 4.69) is 18.0 Å². The molecule has 2 aromatic carbocycles.